The first-order valence-corrected chi connectivity index (χ1v) is 8.24. The number of hydrogen-bond donors (Lipinski definition) is 1. The minimum atomic E-state index is -0.488. The zero-order chi connectivity index (χ0) is 16.8. The van der Waals surface area contributed by atoms with Crippen molar-refractivity contribution in [2.75, 3.05) is 13.1 Å². The van der Waals surface area contributed by atoms with Crippen LogP contribution in [-0.4, -0.2) is 29.7 Å². The largest absolute Gasteiger partial charge is 0.444 e. The van der Waals surface area contributed by atoms with Gasteiger partial charge in [0, 0.05) is 24.5 Å². The van der Waals surface area contributed by atoms with Gasteiger partial charge in [-0.15, -0.1) is 0 Å². The SMILES string of the molecule is CC(C)(C)OC(=O)N1CCC2(CC1)CC(N)c1ccc(F)cc12. The molecule has 3 rings (SSSR count). The predicted molar refractivity (Wildman–Crippen MR) is 86.7 cm³/mol. The lowest BCUT2D eigenvalue weighted by Gasteiger charge is -2.40. The highest BCUT2D eigenvalue weighted by Gasteiger charge is 2.45. The van der Waals surface area contributed by atoms with E-state index in [0.717, 1.165) is 30.4 Å². The van der Waals surface area contributed by atoms with Crippen molar-refractivity contribution in [1.29, 1.82) is 0 Å². The van der Waals surface area contributed by atoms with Crippen LogP contribution in [0.15, 0.2) is 18.2 Å². The van der Waals surface area contributed by atoms with E-state index < -0.39 is 5.60 Å². The number of carbonyl (C=O) groups excluding carboxylic acids is 1. The minimum Gasteiger partial charge on any atom is -0.444 e. The van der Waals surface area contributed by atoms with Gasteiger partial charge in [0.15, 0.2) is 0 Å². The van der Waals surface area contributed by atoms with Gasteiger partial charge >= 0.3 is 6.09 Å². The Hall–Kier alpha value is -1.62. The maximum Gasteiger partial charge on any atom is 0.410 e. The van der Waals surface area contributed by atoms with E-state index in [1.807, 2.05) is 26.8 Å². The monoisotopic (exact) mass is 320 g/mol. The fourth-order valence-corrected chi connectivity index (χ4v) is 3.87. The summed E-state index contributed by atoms with van der Waals surface area (Å²) in [5, 5.41) is 0. The molecule has 2 N–H and O–H groups in total. The second-order valence-corrected chi connectivity index (χ2v) is 7.79. The lowest BCUT2D eigenvalue weighted by Crippen LogP contribution is -2.46. The summed E-state index contributed by atoms with van der Waals surface area (Å²) in [5.74, 6) is -0.216. The van der Waals surface area contributed by atoms with Crippen molar-refractivity contribution in [3.8, 4) is 0 Å². The summed E-state index contributed by atoms with van der Waals surface area (Å²) >= 11 is 0. The Balaban J connectivity index is 1.75. The van der Waals surface area contributed by atoms with E-state index in [1.165, 1.54) is 6.07 Å². The highest BCUT2D eigenvalue weighted by atomic mass is 19.1. The van der Waals surface area contributed by atoms with Gasteiger partial charge in [-0.3, -0.25) is 0 Å². The Bertz CT molecular complexity index is 616. The van der Waals surface area contributed by atoms with Gasteiger partial charge in [0.25, 0.3) is 0 Å². The normalized spacial score (nSPS) is 23.0. The maximum absolute atomic E-state index is 13.7. The zero-order valence-corrected chi connectivity index (χ0v) is 14.1. The quantitative estimate of drug-likeness (QED) is 0.796. The van der Waals surface area contributed by atoms with Gasteiger partial charge in [-0.25, -0.2) is 9.18 Å². The van der Waals surface area contributed by atoms with Gasteiger partial charge in [-0.1, -0.05) is 6.07 Å². The summed E-state index contributed by atoms with van der Waals surface area (Å²) in [6, 6.07) is 4.88. The van der Waals surface area contributed by atoms with Gasteiger partial charge in [0.2, 0.25) is 0 Å². The van der Waals surface area contributed by atoms with Gasteiger partial charge in [-0.2, -0.15) is 0 Å². The third-order valence-electron chi connectivity index (χ3n) is 4.97. The summed E-state index contributed by atoms with van der Waals surface area (Å²) < 4.78 is 19.1. The van der Waals surface area contributed by atoms with Crippen molar-refractivity contribution in [2.45, 2.75) is 57.1 Å². The molecule has 1 fully saturated rings. The van der Waals surface area contributed by atoms with Crippen LogP contribution in [0, 0.1) is 5.82 Å². The van der Waals surface area contributed by atoms with Gasteiger partial charge in [0.05, 0.1) is 0 Å². The van der Waals surface area contributed by atoms with Crippen molar-refractivity contribution >= 4 is 6.09 Å². The molecule has 1 unspecified atom stereocenters. The summed E-state index contributed by atoms with van der Waals surface area (Å²) in [7, 11) is 0. The molecule has 1 saturated heterocycles. The Morgan fingerprint density at radius 2 is 2.00 bits per heavy atom. The number of hydrogen-bond acceptors (Lipinski definition) is 3. The number of nitrogens with zero attached hydrogens (tertiary/aromatic N) is 1. The minimum absolute atomic E-state index is 0.0429. The van der Waals surface area contributed by atoms with Crippen LogP contribution in [0.25, 0.3) is 0 Å². The number of ether oxygens (including phenoxy) is 1. The van der Waals surface area contributed by atoms with Gasteiger partial charge in [-0.05, 0) is 63.3 Å². The van der Waals surface area contributed by atoms with E-state index in [-0.39, 0.29) is 23.4 Å². The van der Waals surface area contributed by atoms with E-state index >= 15 is 0 Å². The standard InChI is InChI=1S/C18H25FN2O2/c1-17(2,3)23-16(22)21-8-6-18(7-9-21)11-15(20)13-5-4-12(19)10-14(13)18/h4-5,10,15H,6-9,11,20H2,1-3H3. The molecular formula is C18H25FN2O2. The molecule has 5 heteroatoms. The lowest BCUT2D eigenvalue weighted by molar-refractivity contribution is 0.0162. The molecule has 1 aromatic rings. The van der Waals surface area contributed by atoms with Crippen LogP contribution in [0.3, 0.4) is 0 Å². The van der Waals surface area contributed by atoms with Gasteiger partial charge in [0.1, 0.15) is 11.4 Å². The number of likely N-dealkylation sites (tertiary alicyclic amines) is 1. The molecule has 4 nitrogen and oxygen atoms in total. The second-order valence-electron chi connectivity index (χ2n) is 7.79. The Morgan fingerprint density at radius 1 is 1.35 bits per heavy atom. The van der Waals surface area contributed by atoms with E-state index in [9.17, 15) is 9.18 Å². The predicted octanol–water partition coefficient (Wildman–Crippen LogP) is 3.50. The summed E-state index contributed by atoms with van der Waals surface area (Å²) in [5.41, 5.74) is 7.75. The first-order valence-electron chi connectivity index (χ1n) is 8.24. The van der Waals surface area contributed by atoms with Crippen LogP contribution in [0.2, 0.25) is 0 Å². The third kappa shape index (κ3) is 3.07. The molecule has 126 valence electrons. The van der Waals surface area contributed by atoms with Crippen molar-refractivity contribution in [3.05, 3.63) is 35.1 Å². The molecule has 1 aliphatic heterocycles. The molecule has 2 aliphatic rings. The van der Waals surface area contributed by atoms with E-state index in [2.05, 4.69) is 0 Å². The first kappa shape index (κ1) is 16.2. The van der Waals surface area contributed by atoms with E-state index in [4.69, 9.17) is 10.5 Å². The van der Waals surface area contributed by atoms with Crippen LogP contribution in [0.1, 0.15) is 57.2 Å². The zero-order valence-electron chi connectivity index (χ0n) is 14.1. The second kappa shape index (κ2) is 5.48. The Labute approximate surface area is 136 Å². The molecule has 1 aromatic carbocycles. The van der Waals surface area contributed by atoms with Crippen LogP contribution >= 0.6 is 0 Å². The molecule has 1 atom stereocenters. The molecular weight excluding hydrogens is 295 g/mol. The third-order valence-corrected chi connectivity index (χ3v) is 4.97. The van der Waals surface area contributed by atoms with Crippen molar-refractivity contribution in [1.82, 2.24) is 4.90 Å². The number of halogens is 1. The number of benzene rings is 1. The number of carbonyl (C=O) groups is 1. The van der Waals surface area contributed by atoms with Crippen LogP contribution in [0.4, 0.5) is 9.18 Å². The average molecular weight is 320 g/mol. The van der Waals surface area contributed by atoms with Crippen LogP contribution in [-0.2, 0) is 10.2 Å². The fraction of sp³-hybridized carbons (Fsp3) is 0.611. The average Bonchev–Trinajstić information content (AvgIpc) is 2.70. The van der Waals surface area contributed by atoms with E-state index in [1.54, 1.807) is 11.0 Å². The molecule has 0 radical (unpaired) electrons. The maximum atomic E-state index is 13.7. The molecule has 0 aromatic heterocycles. The smallest absolute Gasteiger partial charge is 0.410 e. The number of piperidine rings is 1. The van der Waals surface area contributed by atoms with Crippen LogP contribution < -0.4 is 5.73 Å². The number of rotatable bonds is 0. The molecule has 1 aliphatic carbocycles. The van der Waals surface area contributed by atoms with Crippen molar-refractivity contribution in [2.24, 2.45) is 5.73 Å². The molecule has 23 heavy (non-hydrogen) atoms. The number of nitrogens with two attached hydrogens (primary N) is 1. The molecule has 1 amide bonds. The van der Waals surface area contributed by atoms with Crippen LogP contribution in [0.5, 0.6) is 0 Å². The number of fused-ring (bicyclic) bond motifs is 2. The molecule has 0 bridgehead atoms. The summed E-state index contributed by atoms with van der Waals surface area (Å²) in [6.07, 6.45) is 2.16. The van der Waals surface area contributed by atoms with Crippen molar-refractivity contribution in [3.63, 3.8) is 0 Å². The lowest BCUT2D eigenvalue weighted by atomic mass is 9.73. The highest BCUT2D eigenvalue weighted by molar-refractivity contribution is 5.68. The Kier molecular flexibility index (Phi) is 3.87. The molecule has 1 heterocycles. The Morgan fingerprint density at radius 3 is 2.61 bits per heavy atom. The highest BCUT2D eigenvalue weighted by Crippen LogP contribution is 2.50. The van der Waals surface area contributed by atoms with Crippen molar-refractivity contribution < 1.29 is 13.9 Å². The summed E-state index contributed by atoms with van der Waals surface area (Å²) in [4.78, 5) is 13.9. The van der Waals surface area contributed by atoms with Gasteiger partial charge < -0.3 is 15.4 Å². The molecule has 0 saturated carbocycles. The van der Waals surface area contributed by atoms with E-state index in [0.29, 0.717) is 13.1 Å². The fourth-order valence-electron chi connectivity index (χ4n) is 3.87. The molecule has 1 spiro atoms. The summed E-state index contributed by atoms with van der Waals surface area (Å²) in [6.45, 7) is 6.84. The number of amides is 1. The first-order chi connectivity index (χ1) is 10.7. The topological polar surface area (TPSA) is 55.6 Å².